The summed E-state index contributed by atoms with van der Waals surface area (Å²) < 4.78 is 0. The van der Waals surface area contributed by atoms with Crippen LogP contribution < -0.4 is 10.6 Å². The Labute approximate surface area is 112 Å². The van der Waals surface area contributed by atoms with Crippen molar-refractivity contribution < 1.29 is 4.79 Å². The predicted octanol–water partition coefficient (Wildman–Crippen LogP) is 2.35. The van der Waals surface area contributed by atoms with Crippen molar-refractivity contribution in [3.05, 3.63) is 0 Å². The SMILES string of the molecule is CCN[C@H](C)CNC(=O)CC1CCC(C)C1.Cl. The molecular formula is C13H27ClN2O. The van der Waals surface area contributed by atoms with Gasteiger partial charge in [-0.05, 0) is 38.1 Å². The quantitative estimate of drug-likeness (QED) is 0.772. The third-order valence-electron chi connectivity index (χ3n) is 3.44. The number of halogens is 1. The van der Waals surface area contributed by atoms with E-state index in [-0.39, 0.29) is 18.3 Å². The zero-order chi connectivity index (χ0) is 12.0. The second-order valence-electron chi connectivity index (χ2n) is 5.25. The van der Waals surface area contributed by atoms with E-state index in [0.717, 1.165) is 25.4 Å². The molecule has 0 aliphatic heterocycles. The Hall–Kier alpha value is -0.280. The predicted molar refractivity (Wildman–Crippen MR) is 74.5 cm³/mol. The Morgan fingerprint density at radius 1 is 1.41 bits per heavy atom. The second-order valence-corrected chi connectivity index (χ2v) is 5.25. The summed E-state index contributed by atoms with van der Waals surface area (Å²) in [4.78, 5) is 11.7. The molecule has 0 spiro atoms. The van der Waals surface area contributed by atoms with E-state index in [9.17, 15) is 4.79 Å². The Morgan fingerprint density at radius 2 is 2.12 bits per heavy atom. The van der Waals surface area contributed by atoms with Crippen LogP contribution >= 0.6 is 12.4 Å². The molecule has 0 aromatic carbocycles. The molecule has 4 heteroatoms. The van der Waals surface area contributed by atoms with Crippen molar-refractivity contribution in [1.29, 1.82) is 0 Å². The molecular weight excluding hydrogens is 236 g/mol. The van der Waals surface area contributed by atoms with Crippen LogP contribution in [-0.4, -0.2) is 25.0 Å². The van der Waals surface area contributed by atoms with Gasteiger partial charge in [-0.25, -0.2) is 0 Å². The lowest BCUT2D eigenvalue weighted by Crippen LogP contribution is -2.39. The van der Waals surface area contributed by atoms with Gasteiger partial charge in [0.1, 0.15) is 0 Å². The second kappa shape index (κ2) is 8.76. The average molecular weight is 263 g/mol. The Kier molecular flexibility index (Phi) is 8.61. The van der Waals surface area contributed by atoms with Crippen LogP contribution in [0.3, 0.4) is 0 Å². The summed E-state index contributed by atoms with van der Waals surface area (Å²) in [5.41, 5.74) is 0. The molecule has 1 aliphatic carbocycles. The fourth-order valence-electron chi connectivity index (χ4n) is 2.53. The summed E-state index contributed by atoms with van der Waals surface area (Å²) >= 11 is 0. The summed E-state index contributed by atoms with van der Waals surface area (Å²) in [5, 5.41) is 6.29. The van der Waals surface area contributed by atoms with Crippen LogP contribution in [0.15, 0.2) is 0 Å². The number of carbonyl (C=O) groups excluding carboxylic acids is 1. The molecule has 1 aliphatic rings. The number of hydrogen-bond donors (Lipinski definition) is 2. The van der Waals surface area contributed by atoms with E-state index in [1.165, 1.54) is 19.3 Å². The Bertz CT molecular complexity index is 223. The van der Waals surface area contributed by atoms with Gasteiger partial charge in [0.25, 0.3) is 0 Å². The molecule has 2 N–H and O–H groups in total. The Morgan fingerprint density at radius 3 is 2.65 bits per heavy atom. The van der Waals surface area contributed by atoms with Crippen LogP contribution in [0.5, 0.6) is 0 Å². The van der Waals surface area contributed by atoms with Crippen molar-refractivity contribution in [2.45, 2.75) is 52.5 Å². The minimum absolute atomic E-state index is 0. The molecule has 0 bridgehead atoms. The zero-order valence-corrected chi connectivity index (χ0v) is 12.1. The van der Waals surface area contributed by atoms with Crippen LogP contribution in [0.2, 0.25) is 0 Å². The van der Waals surface area contributed by atoms with E-state index >= 15 is 0 Å². The lowest BCUT2D eigenvalue weighted by atomic mass is 10.0. The first-order valence-corrected chi connectivity index (χ1v) is 6.61. The van der Waals surface area contributed by atoms with E-state index in [4.69, 9.17) is 0 Å². The molecule has 1 amide bonds. The molecule has 3 atom stereocenters. The number of amides is 1. The molecule has 0 radical (unpaired) electrons. The minimum Gasteiger partial charge on any atom is -0.355 e. The van der Waals surface area contributed by atoms with Gasteiger partial charge in [0.15, 0.2) is 0 Å². The first-order valence-electron chi connectivity index (χ1n) is 6.61. The van der Waals surface area contributed by atoms with Gasteiger partial charge in [-0.1, -0.05) is 20.3 Å². The number of likely N-dealkylation sites (N-methyl/N-ethyl adjacent to an activating group) is 1. The summed E-state index contributed by atoms with van der Waals surface area (Å²) in [7, 11) is 0. The highest BCUT2D eigenvalue weighted by Crippen LogP contribution is 2.32. The first-order chi connectivity index (χ1) is 7.61. The molecule has 1 rings (SSSR count). The first kappa shape index (κ1) is 16.7. The van der Waals surface area contributed by atoms with Gasteiger partial charge in [-0.3, -0.25) is 4.79 Å². The van der Waals surface area contributed by atoms with Gasteiger partial charge in [0, 0.05) is 19.0 Å². The van der Waals surface area contributed by atoms with Crippen LogP contribution in [0.4, 0.5) is 0 Å². The summed E-state index contributed by atoms with van der Waals surface area (Å²) in [6.07, 6.45) is 4.49. The number of rotatable bonds is 6. The smallest absolute Gasteiger partial charge is 0.220 e. The van der Waals surface area contributed by atoms with Crippen LogP contribution in [0.1, 0.15) is 46.5 Å². The lowest BCUT2D eigenvalue weighted by molar-refractivity contribution is -0.122. The fourth-order valence-corrected chi connectivity index (χ4v) is 2.53. The number of nitrogens with one attached hydrogen (secondary N) is 2. The molecule has 3 nitrogen and oxygen atoms in total. The molecule has 1 fully saturated rings. The Balaban J connectivity index is 0.00000256. The van der Waals surface area contributed by atoms with E-state index in [1.54, 1.807) is 0 Å². The monoisotopic (exact) mass is 262 g/mol. The highest BCUT2D eigenvalue weighted by Gasteiger charge is 2.23. The molecule has 2 unspecified atom stereocenters. The topological polar surface area (TPSA) is 41.1 Å². The van der Waals surface area contributed by atoms with Gasteiger partial charge in [-0.15, -0.1) is 12.4 Å². The van der Waals surface area contributed by atoms with E-state index in [1.807, 2.05) is 0 Å². The maximum absolute atomic E-state index is 11.7. The van der Waals surface area contributed by atoms with Gasteiger partial charge in [0.05, 0.1) is 0 Å². The maximum Gasteiger partial charge on any atom is 0.220 e. The molecule has 102 valence electrons. The van der Waals surface area contributed by atoms with Gasteiger partial charge in [-0.2, -0.15) is 0 Å². The maximum atomic E-state index is 11.7. The van der Waals surface area contributed by atoms with Crippen molar-refractivity contribution in [3.63, 3.8) is 0 Å². The number of hydrogen-bond acceptors (Lipinski definition) is 2. The molecule has 17 heavy (non-hydrogen) atoms. The molecule has 0 aromatic heterocycles. The molecule has 0 aromatic rings. The summed E-state index contributed by atoms with van der Waals surface area (Å²) in [6, 6.07) is 0.372. The van der Waals surface area contributed by atoms with Crippen molar-refractivity contribution in [2.24, 2.45) is 11.8 Å². The zero-order valence-electron chi connectivity index (χ0n) is 11.3. The summed E-state index contributed by atoms with van der Waals surface area (Å²) in [5.74, 6) is 1.67. The van der Waals surface area contributed by atoms with Crippen LogP contribution in [-0.2, 0) is 4.79 Å². The standard InChI is InChI=1S/C13H26N2O.ClH/c1-4-14-11(3)9-15-13(16)8-12-6-5-10(2)7-12;/h10-12,14H,4-9H2,1-3H3,(H,15,16);1H/t10?,11-,12?;/m1./s1. The highest BCUT2D eigenvalue weighted by molar-refractivity contribution is 5.85. The third kappa shape index (κ3) is 6.89. The molecule has 1 saturated carbocycles. The van der Waals surface area contributed by atoms with E-state index in [0.29, 0.717) is 12.0 Å². The average Bonchev–Trinajstić information content (AvgIpc) is 2.61. The lowest BCUT2D eigenvalue weighted by Gasteiger charge is -2.14. The minimum atomic E-state index is 0. The van der Waals surface area contributed by atoms with E-state index < -0.39 is 0 Å². The van der Waals surface area contributed by atoms with Crippen LogP contribution in [0.25, 0.3) is 0 Å². The van der Waals surface area contributed by atoms with Crippen molar-refractivity contribution >= 4 is 18.3 Å². The fraction of sp³-hybridized carbons (Fsp3) is 0.923. The normalized spacial score (nSPS) is 25.1. The van der Waals surface area contributed by atoms with Crippen molar-refractivity contribution in [1.82, 2.24) is 10.6 Å². The highest BCUT2D eigenvalue weighted by atomic mass is 35.5. The van der Waals surface area contributed by atoms with E-state index in [2.05, 4.69) is 31.4 Å². The van der Waals surface area contributed by atoms with Gasteiger partial charge >= 0.3 is 0 Å². The number of carbonyl (C=O) groups is 1. The largest absolute Gasteiger partial charge is 0.355 e. The third-order valence-corrected chi connectivity index (χ3v) is 3.44. The van der Waals surface area contributed by atoms with Gasteiger partial charge in [0.2, 0.25) is 5.91 Å². The summed E-state index contributed by atoms with van der Waals surface area (Å²) in [6.45, 7) is 8.16. The molecule has 0 heterocycles. The molecule has 0 saturated heterocycles. The van der Waals surface area contributed by atoms with Crippen LogP contribution in [0, 0.1) is 11.8 Å². The van der Waals surface area contributed by atoms with Crippen molar-refractivity contribution in [2.75, 3.05) is 13.1 Å². The van der Waals surface area contributed by atoms with Gasteiger partial charge < -0.3 is 10.6 Å². The van der Waals surface area contributed by atoms with Crippen molar-refractivity contribution in [3.8, 4) is 0 Å².